The molecule has 0 radical (unpaired) electrons. The van der Waals surface area contributed by atoms with Crippen LogP contribution in [0.5, 0.6) is 11.5 Å². The molecule has 0 spiro atoms. The highest BCUT2D eigenvalue weighted by molar-refractivity contribution is 5.40. The lowest BCUT2D eigenvalue weighted by Crippen LogP contribution is -2.48. The Hall–Kier alpha value is -1.26. The Balaban J connectivity index is 2.12. The van der Waals surface area contributed by atoms with E-state index in [1.165, 1.54) is 5.56 Å². The summed E-state index contributed by atoms with van der Waals surface area (Å²) in [5.41, 5.74) is 1.23. The molecule has 0 amide bonds. The summed E-state index contributed by atoms with van der Waals surface area (Å²) < 4.78 is 10.8. The van der Waals surface area contributed by atoms with Crippen molar-refractivity contribution in [2.24, 2.45) is 0 Å². The lowest BCUT2D eigenvalue weighted by atomic mass is 10.0. The summed E-state index contributed by atoms with van der Waals surface area (Å²) >= 11 is 0. The van der Waals surface area contributed by atoms with Crippen LogP contribution in [0.4, 0.5) is 0 Å². The summed E-state index contributed by atoms with van der Waals surface area (Å²) in [4.78, 5) is 2.58. The first kappa shape index (κ1) is 15.1. The van der Waals surface area contributed by atoms with Crippen molar-refractivity contribution in [2.75, 3.05) is 40.4 Å². The molecule has 0 saturated carbocycles. The van der Waals surface area contributed by atoms with Crippen LogP contribution < -0.4 is 14.8 Å². The second-order valence-electron chi connectivity index (χ2n) is 5.23. The normalized spacial score (nSPS) is 17.8. The first-order chi connectivity index (χ1) is 9.78. The van der Waals surface area contributed by atoms with E-state index in [-0.39, 0.29) is 0 Å². The molecule has 2 rings (SSSR count). The van der Waals surface area contributed by atoms with Crippen LogP contribution in [0.1, 0.15) is 18.9 Å². The van der Waals surface area contributed by atoms with E-state index in [0.29, 0.717) is 6.04 Å². The number of ether oxygens (including phenoxy) is 2. The predicted molar refractivity (Wildman–Crippen MR) is 81.8 cm³/mol. The summed E-state index contributed by atoms with van der Waals surface area (Å²) in [5, 5.41) is 3.41. The van der Waals surface area contributed by atoms with Gasteiger partial charge in [0.15, 0.2) is 0 Å². The topological polar surface area (TPSA) is 33.7 Å². The third kappa shape index (κ3) is 3.64. The molecule has 1 aliphatic heterocycles. The minimum absolute atomic E-state index is 0.568. The van der Waals surface area contributed by atoms with Crippen molar-refractivity contribution in [3.8, 4) is 11.5 Å². The zero-order chi connectivity index (χ0) is 14.4. The van der Waals surface area contributed by atoms with Gasteiger partial charge in [0.2, 0.25) is 0 Å². The molecule has 1 aliphatic rings. The van der Waals surface area contributed by atoms with Crippen LogP contribution in [-0.4, -0.2) is 51.3 Å². The Labute approximate surface area is 122 Å². The van der Waals surface area contributed by atoms with Crippen molar-refractivity contribution >= 4 is 0 Å². The average molecular weight is 278 g/mol. The lowest BCUT2D eigenvalue weighted by Gasteiger charge is -2.34. The van der Waals surface area contributed by atoms with Gasteiger partial charge in [-0.15, -0.1) is 0 Å². The van der Waals surface area contributed by atoms with E-state index in [1.807, 2.05) is 12.1 Å². The van der Waals surface area contributed by atoms with Gasteiger partial charge in [-0.25, -0.2) is 0 Å². The number of hydrogen-bond acceptors (Lipinski definition) is 4. The molecule has 1 saturated heterocycles. The van der Waals surface area contributed by atoms with Crippen molar-refractivity contribution in [1.29, 1.82) is 0 Å². The fraction of sp³-hybridized carbons (Fsp3) is 0.625. The molecule has 1 heterocycles. The molecule has 1 aromatic rings. The van der Waals surface area contributed by atoms with Crippen molar-refractivity contribution in [3.05, 3.63) is 23.8 Å². The Bertz CT molecular complexity index is 417. The molecule has 1 fully saturated rings. The molecule has 112 valence electrons. The third-order valence-electron chi connectivity index (χ3n) is 4.08. The van der Waals surface area contributed by atoms with E-state index < -0.39 is 0 Å². The van der Waals surface area contributed by atoms with Gasteiger partial charge in [-0.2, -0.15) is 0 Å². The summed E-state index contributed by atoms with van der Waals surface area (Å²) in [5.74, 6) is 1.86. The van der Waals surface area contributed by atoms with Crippen LogP contribution in [0.3, 0.4) is 0 Å². The largest absolute Gasteiger partial charge is 0.497 e. The number of hydrogen-bond donors (Lipinski definition) is 1. The van der Waals surface area contributed by atoms with Gasteiger partial charge in [0.1, 0.15) is 11.5 Å². The minimum atomic E-state index is 0.568. The van der Waals surface area contributed by atoms with Gasteiger partial charge >= 0.3 is 0 Å². The molecule has 0 bridgehead atoms. The van der Waals surface area contributed by atoms with Gasteiger partial charge in [0, 0.05) is 32.2 Å². The van der Waals surface area contributed by atoms with Crippen LogP contribution in [0.25, 0.3) is 0 Å². The van der Waals surface area contributed by atoms with Gasteiger partial charge in [0.05, 0.1) is 14.2 Å². The fourth-order valence-corrected chi connectivity index (χ4v) is 2.87. The Morgan fingerprint density at radius 2 is 1.95 bits per heavy atom. The fourth-order valence-electron chi connectivity index (χ4n) is 2.87. The number of methoxy groups -OCH3 is 2. The van der Waals surface area contributed by atoms with E-state index >= 15 is 0 Å². The van der Waals surface area contributed by atoms with E-state index in [0.717, 1.165) is 50.5 Å². The Morgan fingerprint density at radius 3 is 2.55 bits per heavy atom. The smallest absolute Gasteiger partial charge is 0.122 e. The molecule has 1 atom stereocenters. The van der Waals surface area contributed by atoms with Crippen LogP contribution in [0.15, 0.2) is 18.2 Å². The molecule has 4 heteroatoms. The highest BCUT2D eigenvalue weighted by Crippen LogP contribution is 2.26. The van der Waals surface area contributed by atoms with Crippen molar-refractivity contribution < 1.29 is 9.47 Å². The van der Waals surface area contributed by atoms with Crippen molar-refractivity contribution in [2.45, 2.75) is 25.8 Å². The first-order valence-corrected chi connectivity index (χ1v) is 7.44. The zero-order valence-electron chi connectivity index (χ0n) is 12.8. The molecule has 0 aromatic heterocycles. The summed E-state index contributed by atoms with van der Waals surface area (Å²) in [6.45, 7) is 6.70. The number of nitrogens with one attached hydrogen (secondary N) is 1. The maximum atomic E-state index is 5.49. The molecule has 0 aliphatic carbocycles. The maximum absolute atomic E-state index is 5.49. The highest BCUT2D eigenvalue weighted by Gasteiger charge is 2.20. The number of benzene rings is 1. The number of rotatable bonds is 6. The van der Waals surface area contributed by atoms with E-state index in [9.17, 15) is 0 Å². The minimum Gasteiger partial charge on any atom is -0.497 e. The first-order valence-electron chi connectivity index (χ1n) is 7.44. The number of nitrogens with zero attached hydrogens (tertiary/aromatic N) is 1. The molecule has 1 unspecified atom stereocenters. The molecule has 4 nitrogen and oxygen atoms in total. The second kappa shape index (κ2) is 7.50. The van der Waals surface area contributed by atoms with Gasteiger partial charge in [-0.3, -0.25) is 4.90 Å². The highest BCUT2D eigenvalue weighted by atomic mass is 16.5. The SMILES string of the molecule is CCC(Cc1cc(OC)ccc1OC)N1CCNCC1. The van der Waals surface area contributed by atoms with E-state index in [1.54, 1.807) is 14.2 Å². The molecule has 20 heavy (non-hydrogen) atoms. The number of piperazine rings is 1. The van der Waals surface area contributed by atoms with Gasteiger partial charge in [-0.1, -0.05) is 6.92 Å². The van der Waals surface area contributed by atoms with Crippen LogP contribution in [0, 0.1) is 0 Å². The monoisotopic (exact) mass is 278 g/mol. The maximum Gasteiger partial charge on any atom is 0.122 e. The second-order valence-corrected chi connectivity index (χ2v) is 5.23. The lowest BCUT2D eigenvalue weighted by molar-refractivity contribution is 0.166. The van der Waals surface area contributed by atoms with E-state index in [2.05, 4.69) is 23.2 Å². The standard InChI is InChI=1S/C16H26N2O2/c1-4-14(18-9-7-17-8-10-18)11-13-12-15(19-2)5-6-16(13)20-3/h5-6,12,14,17H,4,7-11H2,1-3H3. The van der Waals surface area contributed by atoms with E-state index in [4.69, 9.17) is 9.47 Å². The van der Waals surface area contributed by atoms with Gasteiger partial charge in [-0.05, 0) is 36.6 Å². The van der Waals surface area contributed by atoms with Crippen molar-refractivity contribution in [1.82, 2.24) is 10.2 Å². The Kier molecular flexibility index (Phi) is 5.68. The zero-order valence-corrected chi connectivity index (χ0v) is 12.8. The summed E-state index contributed by atoms with van der Waals surface area (Å²) in [6, 6.07) is 6.62. The Morgan fingerprint density at radius 1 is 1.20 bits per heavy atom. The van der Waals surface area contributed by atoms with Gasteiger partial charge in [0.25, 0.3) is 0 Å². The molecular formula is C16H26N2O2. The quantitative estimate of drug-likeness (QED) is 0.862. The molecule has 1 N–H and O–H groups in total. The van der Waals surface area contributed by atoms with Crippen LogP contribution in [0.2, 0.25) is 0 Å². The van der Waals surface area contributed by atoms with Crippen LogP contribution in [-0.2, 0) is 6.42 Å². The van der Waals surface area contributed by atoms with Crippen molar-refractivity contribution in [3.63, 3.8) is 0 Å². The predicted octanol–water partition coefficient (Wildman–Crippen LogP) is 1.93. The molecular weight excluding hydrogens is 252 g/mol. The summed E-state index contributed by atoms with van der Waals surface area (Å²) in [6.07, 6.45) is 2.16. The van der Waals surface area contributed by atoms with Gasteiger partial charge < -0.3 is 14.8 Å². The van der Waals surface area contributed by atoms with Crippen LogP contribution >= 0.6 is 0 Å². The summed E-state index contributed by atoms with van der Waals surface area (Å²) in [7, 11) is 3.44. The molecule has 1 aromatic carbocycles. The average Bonchev–Trinajstić information content (AvgIpc) is 2.53. The third-order valence-corrected chi connectivity index (χ3v) is 4.08.